The topological polar surface area (TPSA) is 62.1 Å². The summed E-state index contributed by atoms with van der Waals surface area (Å²) in [6, 6.07) is 10.7. The molecule has 1 aliphatic rings. The van der Waals surface area contributed by atoms with E-state index in [-0.39, 0.29) is 40.5 Å². The van der Waals surface area contributed by atoms with Gasteiger partial charge in [-0.1, -0.05) is 35.9 Å². The molecule has 4 nitrogen and oxygen atoms in total. The zero-order valence-electron chi connectivity index (χ0n) is 18.3. The van der Waals surface area contributed by atoms with E-state index in [1.54, 1.807) is 19.1 Å². The molecule has 1 aliphatic heterocycles. The summed E-state index contributed by atoms with van der Waals surface area (Å²) in [5.41, 5.74) is -2.86. The highest BCUT2D eigenvalue weighted by Crippen LogP contribution is 2.48. The van der Waals surface area contributed by atoms with Gasteiger partial charge < -0.3 is 10.1 Å². The fraction of sp³-hybridized carbons (Fsp3) is 0.333. The Morgan fingerprint density at radius 2 is 1.77 bits per heavy atom. The summed E-state index contributed by atoms with van der Waals surface area (Å²) in [6.45, 7) is 1.43. The van der Waals surface area contributed by atoms with Crippen LogP contribution < -0.4 is 10.1 Å². The van der Waals surface area contributed by atoms with Crippen LogP contribution in [0.1, 0.15) is 36.0 Å². The number of amides is 1. The largest absolute Gasteiger partial charge is 0.494 e. The fourth-order valence-corrected chi connectivity index (χ4v) is 3.92. The van der Waals surface area contributed by atoms with Gasteiger partial charge in [-0.15, -0.1) is 0 Å². The van der Waals surface area contributed by atoms with Gasteiger partial charge in [0, 0.05) is 17.9 Å². The Morgan fingerprint density at radius 1 is 1.11 bits per heavy atom. The lowest BCUT2D eigenvalue weighted by Crippen LogP contribution is -2.58. The second kappa shape index (κ2) is 9.82. The summed E-state index contributed by atoms with van der Waals surface area (Å²) in [6.07, 6.45) is -11.4. The van der Waals surface area contributed by atoms with Crippen LogP contribution >= 0.6 is 11.6 Å². The maximum atomic E-state index is 14.5. The molecule has 1 N–H and O–H groups in total. The summed E-state index contributed by atoms with van der Waals surface area (Å²) < 4.78 is 85.4. The van der Waals surface area contributed by atoms with E-state index in [1.165, 1.54) is 24.3 Å². The molecule has 1 atom stereocenters. The SMILES string of the molecule is Cc1ccc(C2=C(C#N)C(=O)NC(c3ccc(OCCCC(F)(F)F)cc3)(C(F)(F)F)C2)cc1Cl. The molecule has 0 aliphatic carbocycles. The van der Waals surface area contributed by atoms with Gasteiger partial charge in [0.1, 0.15) is 17.4 Å². The van der Waals surface area contributed by atoms with Crippen molar-refractivity contribution in [3.8, 4) is 11.8 Å². The molecule has 0 bridgehead atoms. The number of halogens is 7. The summed E-state index contributed by atoms with van der Waals surface area (Å²) in [7, 11) is 0. The second-order valence-corrected chi connectivity index (χ2v) is 8.46. The van der Waals surface area contributed by atoms with Crippen LogP contribution in [0.25, 0.3) is 5.57 Å². The van der Waals surface area contributed by atoms with Gasteiger partial charge in [-0.05, 0) is 53.8 Å². The van der Waals surface area contributed by atoms with Gasteiger partial charge in [-0.25, -0.2) is 0 Å². The van der Waals surface area contributed by atoms with Gasteiger partial charge in [0.25, 0.3) is 5.91 Å². The van der Waals surface area contributed by atoms with Crippen LogP contribution in [0.3, 0.4) is 0 Å². The van der Waals surface area contributed by atoms with E-state index in [2.05, 4.69) is 0 Å². The molecule has 3 rings (SSSR count). The molecule has 0 spiro atoms. The first-order valence-corrected chi connectivity index (χ1v) is 10.7. The molecular formula is C24H19ClF6N2O2. The van der Waals surface area contributed by atoms with Crippen LogP contribution in [0.2, 0.25) is 5.02 Å². The maximum Gasteiger partial charge on any atom is 0.416 e. The number of carbonyl (C=O) groups excluding carboxylic acids is 1. The Kier molecular flexibility index (Phi) is 7.41. The molecule has 186 valence electrons. The lowest BCUT2D eigenvalue weighted by atomic mass is 9.76. The van der Waals surface area contributed by atoms with E-state index in [0.717, 1.165) is 12.1 Å². The third-order valence-corrected chi connectivity index (χ3v) is 6.04. The summed E-state index contributed by atoms with van der Waals surface area (Å²) in [4.78, 5) is 12.7. The van der Waals surface area contributed by atoms with Crippen molar-refractivity contribution in [1.29, 1.82) is 5.26 Å². The van der Waals surface area contributed by atoms with Gasteiger partial charge in [0.05, 0.1) is 6.61 Å². The van der Waals surface area contributed by atoms with Crippen molar-refractivity contribution >= 4 is 23.1 Å². The number of hydrogen-bond acceptors (Lipinski definition) is 3. The first-order chi connectivity index (χ1) is 16.3. The molecule has 0 aromatic heterocycles. The van der Waals surface area contributed by atoms with Crippen molar-refractivity contribution in [2.24, 2.45) is 0 Å². The molecule has 1 unspecified atom stereocenters. The number of carbonyl (C=O) groups is 1. The van der Waals surface area contributed by atoms with E-state index >= 15 is 0 Å². The molecule has 1 heterocycles. The van der Waals surface area contributed by atoms with Crippen LogP contribution in [0.4, 0.5) is 26.3 Å². The van der Waals surface area contributed by atoms with E-state index in [9.17, 15) is 36.4 Å². The van der Waals surface area contributed by atoms with E-state index < -0.39 is 42.2 Å². The molecule has 0 saturated heterocycles. The Morgan fingerprint density at radius 3 is 2.31 bits per heavy atom. The van der Waals surface area contributed by atoms with Gasteiger partial charge in [0.15, 0.2) is 5.54 Å². The zero-order valence-corrected chi connectivity index (χ0v) is 19.0. The van der Waals surface area contributed by atoms with Crippen LogP contribution in [0, 0.1) is 18.3 Å². The Bertz CT molecular complexity index is 1180. The molecule has 11 heteroatoms. The fourth-order valence-electron chi connectivity index (χ4n) is 3.74. The highest BCUT2D eigenvalue weighted by molar-refractivity contribution is 6.31. The predicted octanol–water partition coefficient (Wildman–Crippen LogP) is 6.62. The number of hydrogen-bond donors (Lipinski definition) is 1. The van der Waals surface area contributed by atoms with Crippen molar-refractivity contribution in [2.75, 3.05) is 6.61 Å². The first kappa shape index (κ1) is 26.4. The van der Waals surface area contributed by atoms with Gasteiger partial charge in [-0.2, -0.15) is 31.6 Å². The lowest BCUT2D eigenvalue weighted by molar-refractivity contribution is -0.201. The average Bonchev–Trinajstić information content (AvgIpc) is 2.77. The number of nitrogens with zero attached hydrogens (tertiary/aromatic N) is 1. The van der Waals surface area contributed by atoms with Crippen molar-refractivity contribution in [3.63, 3.8) is 0 Å². The number of nitrogens with one attached hydrogen (secondary N) is 1. The van der Waals surface area contributed by atoms with Crippen LogP contribution in [0.15, 0.2) is 48.0 Å². The molecule has 1 amide bonds. The van der Waals surface area contributed by atoms with Crippen molar-refractivity contribution < 1.29 is 35.9 Å². The van der Waals surface area contributed by atoms with Crippen molar-refractivity contribution in [1.82, 2.24) is 5.32 Å². The number of ether oxygens (including phenoxy) is 1. The van der Waals surface area contributed by atoms with Gasteiger partial charge in [-0.3, -0.25) is 4.79 Å². The number of nitriles is 1. The van der Waals surface area contributed by atoms with Crippen molar-refractivity contribution in [3.05, 3.63) is 69.8 Å². The van der Waals surface area contributed by atoms with E-state index in [0.29, 0.717) is 5.56 Å². The Balaban J connectivity index is 1.96. The number of benzene rings is 2. The zero-order chi connectivity index (χ0) is 26.0. The lowest BCUT2D eigenvalue weighted by Gasteiger charge is -2.40. The molecule has 35 heavy (non-hydrogen) atoms. The van der Waals surface area contributed by atoms with Crippen LogP contribution in [0.5, 0.6) is 5.75 Å². The van der Waals surface area contributed by atoms with Crippen LogP contribution in [-0.4, -0.2) is 24.9 Å². The molecule has 0 saturated carbocycles. The monoisotopic (exact) mass is 516 g/mol. The van der Waals surface area contributed by atoms with E-state index in [1.807, 2.05) is 5.32 Å². The molecule has 0 fully saturated rings. The minimum absolute atomic E-state index is 0.0779. The predicted molar refractivity (Wildman–Crippen MR) is 116 cm³/mol. The summed E-state index contributed by atoms with van der Waals surface area (Å²) in [5.74, 6) is -1.11. The number of rotatable bonds is 6. The Hall–Kier alpha value is -3.19. The highest BCUT2D eigenvalue weighted by atomic mass is 35.5. The smallest absolute Gasteiger partial charge is 0.416 e. The third kappa shape index (κ3) is 5.73. The molecule has 2 aromatic rings. The second-order valence-electron chi connectivity index (χ2n) is 8.05. The number of aryl methyl sites for hydroxylation is 1. The molecular weight excluding hydrogens is 498 g/mol. The average molecular weight is 517 g/mol. The first-order valence-electron chi connectivity index (χ1n) is 10.4. The van der Waals surface area contributed by atoms with Gasteiger partial charge in [0.2, 0.25) is 0 Å². The minimum Gasteiger partial charge on any atom is -0.494 e. The quantitative estimate of drug-likeness (QED) is 0.346. The Labute approximate surface area is 202 Å². The van der Waals surface area contributed by atoms with Crippen LogP contribution in [-0.2, 0) is 10.3 Å². The minimum atomic E-state index is -4.96. The van der Waals surface area contributed by atoms with E-state index in [4.69, 9.17) is 16.3 Å². The maximum absolute atomic E-state index is 14.5. The normalized spacial score (nSPS) is 18.8. The van der Waals surface area contributed by atoms with Gasteiger partial charge >= 0.3 is 12.4 Å². The summed E-state index contributed by atoms with van der Waals surface area (Å²) in [5, 5.41) is 11.7. The highest BCUT2D eigenvalue weighted by Gasteiger charge is 2.59. The van der Waals surface area contributed by atoms with Crippen molar-refractivity contribution in [2.45, 2.75) is 44.1 Å². The molecule has 2 aromatic carbocycles. The summed E-state index contributed by atoms with van der Waals surface area (Å²) >= 11 is 6.13. The number of alkyl halides is 6. The molecule has 0 radical (unpaired) electrons. The third-order valence-electron chi connectivity index (χ3n) is 5.63. The standard InChI is InChI=1S/C24H19ClF6N2O2/c1-14-3-4-15(11-20(14)25)18-12-22(24(29,30)31,33-21(34)19(18)13-32)16-5-7-17(8-6-16)35-10-2-9-23(26,27)28/h3-8,11H,2,9-10,12H2,1H3,(H,33,34).